The van der Waals surface area contributed by atoms with Crippen molar-refractivity contribution in [3.05, 3.63) is 65.2 Å². The minimum Gasteiger partial charge on any atom is -0.371 e. The van der Waals surface area contributed by atoms with Crippen molar-refractivity contribution in [2.45, 2.75) is 12.6 Å². The van der Waals surface area contributed by atoms with Gasteiger partial charge in [0.05, 0.1) is 23.7 Å². The van der Waals surface area contributed by atoms with Crippen molar-refractivity contribution < 1.29 is 9.13 Å². The van der Waals surface area contributed by atoms with Gasteiger partial charge in [0.2, 0.25) is 0 Å². The Kier molecular flexibility index (Phi) is 3.78. The van der Waals surface area contributed by atoms with E-state index in [0.29, 0.717) is 18.8 Å². The minimum atomic E-state index is -0.479. The van der Waals surface area contributed by atoms with Gasteiger partial charge in [-0.1, -0.05) is 41.2 Å². The van der Waals surface area contributed by atoms with Crippen LogP contribution in [-0.2, 0) is 11.3 Å². The van der Waals surface area contributed by atoms with E-state index < -0.39 is 5.83 Å². The van der Waals surface area contributed by atoms with E-state index in [1.165, 1.54) is 0 Å². The fraction of sp³-hybridized carbons (Fsp3) is 0.188. The van der Waals surface area contributed by atoms with E-state index in [4.69, 9.17) is 4.74 Å². The number of benzene rings is 1. The predicted octanol–water partition coefficient (Wildman–Crippen LogP) is 4.47. The molecule has 108 valence electrons. The zero-order valence-corrected chi connectivity index (χ0v) is 12.9. The Morgan fingerprint density at radius 1 is 1.52 bits per heavy atom. The first-order chi connectivity index (χ1) is 10.1. The van der Waals surface area contributed by atoms with Crippen molar-refractivity contribution >= 4 is 27.0 Å². The van der Waals surface area contributed by atoms with Gasteiger partial charge in [-0.2, -0.15) is 0 Å². The lowest BCUT2D eigenvalue weighted by molar-refractivity contribution is 0.0667. The third-order valence-electron chi connectivity index (χ3n) is 3.51. The number of hydrogen-bond acceptors (Lipinski definition) is 2. The molecule has 0 fully saturated rings. The SMILES string of the molecule is C=C/C=C(\C(=C)F)C1COCc2nc3ccc(Br)cc3n21. The summed E-state index contributed by atoms with van der Waals surface area (Å²) in [6.07, 6.45) is 3.19. The Morgan fingerprint density at radius 3 is 3.05 bits per heavy atom. The Labute approximate surface area is 130 Å². The molecule has 1 aromatic carbocycles. The molecule has 0 radical (unpaired) electrons. The maximum absolute atomic E-state index is 13.8. The van der Waals surface area contributed by atoms with Crippen LogP contribution in [0.2, 0.25) is 0 Å². The molecule has 1 atom stereocenters. The molecule has 0 saturated carbocycles. The first-order valence-corrected chi connectivity index (χ1v) is 7.32. The molecular formula is C16H14BrFN2O. The number of halogens is 2. The van der Waals surface area contributed by atoms with Gasteiger partial charge in [0, 0.05) is 10.0 Å². The van der Waals surface area contributed by atoms with Crippen molar-refractivity contribution in [1.29, 1.82) is 0 Å². The number of fused-ring (bicyclic) bond motifs is 3. The Balaban J connectivity index is 2.23. The third-order valence-corrected chi connectivity index (χ3v) is 4.01. The quantitative estimate of drug-likeness (QED) is 0.765. The highest BCUT2D eigenvalue weighted by Gasteiger charge is 2.28. The zero-order chi connectivity index (χ0) is 15.0. The molecule has 1 aromatic heterocycles. The molecule has 2 heterocycles. The van der Waals surface area contributed by atoms with E-state index in [0.717, 1.165) is 21.3 Å². The smallest absolute Gasteiger partial charge is 0.136 e. The van der Waals surface area contributed by atoms with Crippen LogP contribution < -0.4 is 0 Å². The van der Waals surface area contributed by atoms with Gasteiger partial charge < -0.3 is 9.30 Å². The van der Waals surface area contributed by atoms with E-state index in [9.17, 15) is 4.39 Å². The fourth-order valence-corrected chi connectivity index (χ4v) is 2.99. The summed E-state index contributed by atoms with van der Waals surface area (Å²) in [7, 11) is 0. The van der Waals surface area contributed by atoms with Crippen molar-refractivity contribution in [2.75, 3.05) is 6.61 Å². The van der Waals surface area contributed by atoms with Gasteiger partial charge in [0.25, 0.3) is 0 Å². The number of ether oxygens (including phenoxy) is 1. The van der Waals surface area contributed by atoms with E-state index in [-0.39, 0.29) is 6.04 Å². The van der Waals surface area contributed by atoms with Gasteiger partial charge in [0.1, 0.15) is 18.3 Å². The summed E-state index contributed by atoms with van der Waals surface area (Å²) in [5, 5.41) is 0. The second kappa shape index (κ2) is 5.58. The van der Waals surface area contributed by atoms with Crippen molar-refractivity contribution in [3.8, 4) is 0 Å². The van der Waals surface area contributed by atoms with Crippen LogP contribution in [-0.4, -0.2) is 16.2 Å². The van der Waals surface area contributed by atoms with Crippen LogP contribution in [0.25, 0.3) is 11.0 Å². The number of nitrogens with zero attached hydrogens (tertiary/aromatic N) is 2. The topological polar surface area (TPSA) is 27.1 Å². The molecule has 3 nitrogen and oxygen atoms in total. The maximum Gasteiger partial charge on any atom is 0.136 e. The summed E-state index contributed by atoms with van der Waals surface area (Å²) >= 11 is 3.47. The second-order valence-electron chi connectivity index (χ2n) is 4.82. The van der Waals surface area contributed by atoms with Crippen molar-refractivity contribution in [3.63, 3.8) is 0 Å². The lowest BCUT2D eigenvalue weighted by atomic mass is 10.0. The second-order valence-corrected chi connectivity index (χ2v) is 5.74. The van der Waals surface area contributed by atoms with Crippen LogP contribution in [0.1, 0.15) is 11.9 Å². The molecule has 0 saturated heterocycles. The monoisotopic (exact) mass is 348 g/mol. The largest absolute Gasteiger partial charge is 0.371 e. The third kappa shape index (κ3) is 2.47. The number of rotatable bonds is 3. The van der Waals surface area contributed by atoms with Gasteiger partial charge in [-0.05, 0) is 18.2 Å². The highest BCUT2D eigenvalue weighted by molar-refractivity contribution is 9.10. The molecule has 2 aromatic rings. The van der Waals surface area contributed by atoms with Crippen molar-refractivity contribution in [1.82, 2.24) is 9.55 Å². The highest BCUT2D eigenvalue weighted by atomic mass is 79.9. The van der Waals surface area contributed by atoms with Crippen LogP contribution in [0, 0.1) is 0 Å². The normalized spacial score (nSPS) is 18.6. The molecular weight excluding hydrogens is 335 g/mol. The van der Waals surface area contributed by atoms with Gasteiger partial charge in [-0.25, -0.2) is 9.37 Å². The van der Waals surface area contributed by atoms with Crippen LogP contribution >= 0.6 is 15.9 Å². The first-order valence-electron chi connectivity index (χ1n) is 6.53. The molecule has 3 rings (SSSR count). The molecule has 21 heavy (non-hydrogen) atoms. The first kappa shape index (κ1) is 14.2. The molecule has 0 bridgehead atoms. The average Bonchev–Trinajstić information content (AvgIpc) is 2.82. The van der Waals surface area contributed by atoms with Crippen LogP contribution in [0.5, 0.6) is 0 Å². The summed E-state index contributed by atoms with van der Waals surface area (Å²) in [5.74, 6) is 0.309. The van der Waals surface area contributed by atoms with Crippen LogP contribution in [0.15, 0.2) is 59.4 Å². The summed E-state index contributed by atoms with van der Waals surface area (Å²) in [5.41, 5.74) is 2.28. The summed E-state index contributed by atoms with van der Waals surface area (Å²) < 4.78 is 22.3. The van der Waals surface area contributed by atoms with E-state index in [1.54, 1.807) is 12.2 Å². The number of imidazole rings is 1. The van der Waals surface area contributed by atoms with Gasteiger partial charge in [-0.3, -0.25) is 0 Å². The molecule has 1 unspecified atom stereocenters. The van der Waals surface area contributed by atoms with Crippen LogP contribution in [0.3, 0.4) is 0 Å². The summed E-state index contributed by atoms with van der Waals surface area (Å²) in [6.45, 7) is 7.87. The van der Waals surface area contributed by atoms with Crippen LogP contribution in [0.4, 0.5) is 4.39 Å². The Hall–Kier alpha value is -1.72. The van der Waals surface area contributed by atoms with Gasteiger partial charge >= 0.3 is 0 Å². The number of hydrogen-bond donors (Lipinski definition) is 0. The standard InChI is InChI=1S/C16H14BrFN2O/c1-3-4-12(10(2)18)15-8-21-9-16-19-13-6-5-11(17)7-14(13)20(15)16/h3-7,15H,1-2,8-9H2/b12-4+. The van der Waals surface area contributed by atoms with E-state index in [2.05, 4.69) is 34.1 Å². The van der Waals surface area contributed by atoms with E-state index >= 15 is 0 Å². The Bertz CT molecular complexity index is 763. The molecule has 0 amide bonds. The maximum atomic E-state index is 13.8. The molecule has 1 aliphatic rings. The highest BCUT2D eigenvalue weighted by Crippen LogP contribution is 2.34. The molecule has 5 heteroatoms. The molecule has 0 N–H and O–H groups in total. The summed E-state index contributed by atoms with van der Waals surface area (Å²) in [6, 6.07) is 5.56. The minimum absolute atomic E-state index is 0.288. The lowest BCUT2D eigenvalue weighted by Crippen LogP contribution is -2.25. The zero-order valence-electron chi connectivity index (χ0n) is 11.4. The fourth-order valence-electron chi connectivity index (χ4n) is 2.64. The van der Waals surface area contributed by atoms with Crippen molar-refractivity contribution in [2.24, 2.45) is 0 Å². The van der Waals surface area contributed by atoms with Gasteiger partial charge in [-0.15, -0.1) is 0 Å². The molecule has 0 aliphatic carbocycles. The predicted molar refractivity (Wildman–Crippen MR) is 84.7 cm³/mol. The lowest BCUT2D eigenvalue weighted by Gasteiger charge is -2.27. The molecule has 0 spiro atoms. The van der Waals surface area contributed by atoms with Gasteiger partial charge in [0.15, 0.2) is 0 Å². The number of allylic oxidation sites excluding steroid dienone is 3. The average molecular weight is 349 g/mol. The Morgan fingerprint density at radius 2 is 2.33 bits per heavy atom. The molecule has 1 aliphatic heterocycles. The number of aromatic nitrogens is 2. The van der Waals surface area contributed by atoms with E-state index in [1.807, 2.05) is 22.8 Å². The summed E-state index contributed by atoms with van der Waals surface area (Å²) in [4.78, 5) is 4.56.